The molecule has 1 fully saturated rings. The van der Waals surface area contributed by atoms with Crippen LogP contribution in [-0.4, -0.2) is 41.5 Å². The summed E-state index contributed by atoms with van der Waals surface area (Å²) in [6, 6.07) is 7.42. The Kier molecular flexibility index (Phi) is 5.11. The van der Waals surface area contributed by atoms with Gasteiger partial charge < -0.3 is 14.1 Å². The Hall–Kier alpha value is -3.49. The fourth-order valence-corrected chi connectivity index (χ4v) is 3.76. The largest absolute Gasteiger partial charge is 0.465 e. The second kappa shape index (κ2) is 7.74. The fraction of sp³-hybridized carbons (Fsp3) is 0.286. The molecule has 2 aromatic carbocycles. The SMILES string of the molecule is COC(=O)c1ccc2oc(=O)n(C3CCN(C(=O)c4ccc(F)c(F)c4)CC3)c2c1. The lowest BCUT2D eigenvalue weighted by molar-refractivity contribution is 0.0600. The zero-order valence-electron chi connectivity index (χ0n) is 16.1. The first-order valence-electron chi connectivity index (χ1n) is 9.36. The lowest BCUT2D eigenvalue weighted by Gasteiger charge is -2.32. The van der Waals surface area contributed by atoms with Crippen molar-refractivity contribution in [1.82, 2.24) is 9.47 Å². The number of hydrogen-bond donors (Lipinski definition) is 0. The summed E-state index contributed by atoms with van der Waals surface area (Å²) in [7, 11) is 1.27. The first-order chi connectivity index (χ1) is 14.4. The number of likely N-dealkylation sites (tertiary alicyclic amines) is 1. The average molecular weight is 416 g/mol. The van der Waals surface area contributed by atoms with Crippen LogP contribution in [0, 0.1) is 11.6 Å². The van der Waals surface area contributed by atoms with Gasteiger partial charge in [-0.15, -0.1) is 0 Å². The van der Waals surface area contributed by atoms with E-state index in [1.165, 1.54) is 28.7 Å². The Morgan fingerprint density at radius 2 is 1.73 bits per heavy atom. The number of oxazole rings is 1. The minimum atomic E-state index is -1.08. The van der Waals surface area contributed by atoms with Gasteiger partial charge in [0.05, 0.1) is 18.2 Å². The molecule has 2 heterocycles. The van der Waals surface area contributed by atoms with Gasteiger partial charge in [0.15, 0.2) is 17.2 Å². The summed E-state index contributed by atoms with van der Waals surface area (Å²) in [6.07, 6.45) is 0.929. The number of fused-ring (bicyclic) bond motifs is 1. The molecule has 9 heteroatoms. The Bertz CT molecular complexity index is 1190. The molecule has 0 radical (unpaired) electrons. The van der Waals surface area contributed by atoms with Gasteiger partial charge in [-0.2, -0.15) is 0 Å². The van der Waals surface area contributed by atoms with Crippen LogP contribution in [0.2, 0.25) is 0 Å². The van der Waals surface area contributed by atoms with E-state index < -0.39 is 29.3 Å². The Balaban J connectivity index is 1.55. The van der Waals surface area contributed by atoms with E-state index in [9.17, 15) is 23.2 Å². The first-order valence-corrected chi connectivity index (χ1v) is 9.36. The summed E-state index contributed by atoms with van der Waals surface area (Å²) >= 11 is 0. The second-order valence-corrected chi connectivity index (χ2v) is 7.06. The van der Waals surface area contributed by atoms with Crippen LogP contribution in [-0.2, 0) is 4.74 Å². The maximum absolute atomic E-state index is 13.4. The number of esters is 1. The van der Waals surface area contributed by atoms with E-state index in [0.717, 1.165) is 12.1 Å². The van der Waals surface area contributed by atoms with E-state index in [0.29, 0.717) is 42.6 Å². The number of aromatic nitrogens is 1. The van der Waals surface area contributed by atoms with E-state index in [1.807, 2.05) is 0 Å². The van der Waals surface area contributed by atoms with Crippen molar-refractivity contribution in [2.24, 2.45) is 0 Å². The molecule has 7 nitrogen and oxygen atoms in total. The van der Waals surface area contributed by atoms with Gasteiger partial charge in [0, 0.05) is 24.7 Å². The van der Waals surface area contributed by atoms with Crippen LogP contribution in [0.4, 0.5) is 8.78 Å². The van der Waals surface area contributed by atoms with Crippen LogP contribution in [0.1, 0.15) is 39.6 Å². The van der Waals surface area contributed by atoms with E-state index in [1.54, 1.807) is 12.1 Å². The number of carbonyl (C=O) groups is 2. The van der Waals surface area contributed by atoms with Gasteiger partial charge in [-0.1, -0.05) is 0 Å². The molecule has 0 aliphatic carbocycles. The molecule has 30 heavy (non-hydrogen) atoms. The van der Waals surface area contributed by atoms with E-state index in [4.69, 9.17) is 9.15 Å². The maximum atomic E-state index is 13.4. The Morgan fingerprint density at radius 3 is 2.40 bits per heavy atom. The normalized spacial score (nSPS) is 14.8. The molecule has 1 aliphatic heterocycles. The van der Waals surface area contributed by atoms with Crippen molar-refractivity contribution < 1.29 is 27.5 Å². The van der Waals surface area contributed by atoms with Gasteiger partial charge in [-0.05, 0) is 49.2 Å². The number of hydrogen-bond acceptors (Lipinski definition) is 5. The molecular weight excluding hydrogens is 398 g/mol. The summed E-state index contributed by atoms with van der Waals surface area (Å²) in [5.74, 6) is -3.55. The van der Waals surface area contributed by atoms with E-state index >= 15 is 0 Å². The molecule has 1 aliphatic rings. The molecule has 0 saturated carbocycles. The molecule has 1 amide bonds. The third kappa shape index (κ3) is 3.47. The fourth-order valence-electron chi connectivity index (χ4n) is 3.76. The number of halogens is 2. The minimum absolute atomic E-state index is 0.0704. The third-order valence-corrected chi connectivity index (χ3v) is 5.32. The smallest absolute Gasteiger partial charge is 0.420 e. The highest BCUT2D eigenvalue weighted by molar-refractivity contribution is 5.94. The quantitative estimate of drug-likeness (QED) is 0.613. The number of ether oxygens (including phenoxy) is 1. The molecule has 0 N–H and O–H groups in total. The van der Waals surface area contributed by atoms with Crippen molar-refractivity contribution in [1.29, 1.82) is 0 Å². The number of amides is 1. The van der Waals surface area contributed by atoms with Crippen molar-refractivity contribution in [3.8, 4) is 0 Å². The Morgan fingerprint density at radius 1 is 1.03 bits per heavy atom. The number of nitrogens with zero attached hydrogens (tertiary/aromatic N) is 2. The first kappa shape index (κ1) is 19.8. The standard InChI is InChI=1S/C21H18F2N2O5/c1-29-20(27)13-3-5-18-17(11-13)25(21(28)30-18)14-6-8-24(9-7-14)19(26)12-2-4-15(22)16(23)10-12/h2-5,10-11,14H,6-9H2,1H3. The monoisotopic (exact) mass is 416 g/mol. The number of carbonyl (C=O) groups excluding carboxylic acids is 2. The lowest BCUT2D eigenvalue weighted by atomic mass is 10.0. The highest BCUT2D eigenvalue weighted by atomic mass is 19.2. The Labute approximate surface area is 169 Å². The van der Waals surface area contributed by atoms with Crippen molar-refractivity contribution in [3.05, 3.63) is 69.7 Å². The predicted octanol–water partition coefficient (Wildman–Crippen LogP) is 3.14. The van der Waals surface area contributed by atoms with Crippen molar-refractivity contribution >= 4 is 23.0 Å². The predicted molar refractivity (Wildman–Crippen MR) is 102 cm³/mol. The molecule has 0 bridgehead atoms. The van der Waals surface area contributed by atoms with Gasteiger partial charge >= 0.3 is 11.7 Å². The van der Waals surface area contributed by atoms with Crippen molar-refractivity contribution in [2.75, 3.05) is 20.2 Å². The summed E-state index contributed by atoms with van der Waals surface area (Å²) in [5, 5.41) is 0. The second-order valence-electron chi connectivity index (χ2n) is 7.06. The summed E-state index contributed by atoms with van der Waals surface area (Å²) < 4.78 is 38.0. The number of rotatable bonds is 3. The molecule has 0 spiro atoms. The van der Waals surface area contributed by atoms with E-state index in [2.05, 4.69) is 0 Å². The van der Waals surface area contributed by atoms with Gasteiger partial charge in [0.1, 0.15) is 0 Å². The highest BCUT2D eigenvalue weighted by Crippen LogP contribution is 2.27. The number of benzene rings is 2. The molecule has 0 atom stereocenters. The van der Waals surface area contributed by atoms with Gasteiger partial charge in [0.25, 0.3) is 5.91 Å². The van der Waals surface area contributed by atoms with Crippen molar-refractivity contribution in [2.45, 2.75) is 18.9 Å². The molecule has 1 saturated heterocycles. The van der Waals surface area contributed by atoms with Crippen molar-refractivity contribution in [3.63, 3.8) is 0 Å². The average Bonchev–Trinajstić information content (AvgIpc) is 3.09. The molecule has 3 aromatic rings. The highest BCUT2D eigenvalue weighted by Gasteiger charge is 2.28. The summed E-state index contributed by atoms with van der Waals surface area (Å²) in [4.78, 5) is 38.4. The maximum Gasteiger partial charge on any atom is 0.420 e. The number of piperidine rings is 1. The minimum Gasteiger partial charge on any atom is -0.465 e. The van der Waals surface area contributed by atoms with Gasteiger partial charge in [0.2, 0.25) is 0 Å². The molecular formula is C21H18F2N2O5. The summed E-state index contributed by atoms with van der Waals surface area (Å²) in [6.45, 7) is 0.663. The molecule has 4 rings (SSSR count). The molecule has 1 aromatic heterocycles. The topological polar surface area (TPSA) is 81.8 Å². The van der Waals surface area contributed by atoms with Crippen LogP contribution in [0.15, 0.2) is 45.6 Å². The van der Waals surface area contributed by atoms with Crippen LogP contribution >= 0.6 is 0 Å². The van der Waals surface area contributed by atoms with Crippen LogP contribution in [0.5, 0.6) is 0 Å². The molecule has 0 unspecified atom stereocenters. The summed E-state index contributed by atoms with van der Waals surface area (Å²) in [5.41, 5.74) is 1.20. The lowest BCUT2D eigenvalue weighted by Crippen LogP contribution is -2.40. The van der Waals surface area contributed by atoms with Gasteiger partial charge in [-0.3, -0.25) is 9.36 Å². The van der Waals surface area contributed by atoms with Crippen LogP contribution in [0.25, 0.3) is 11.1 Å². The van der Waals surface area contributed by atoms with Gasteiger partial charge in [-0.25, -0.2) is 18.4 Å². The number of methoxy groups -OCH3 is 1. The van der Waals surface area contributed by atoms with E-state index in [-0.39, 0.29) is 11.6 Å². The van der Waals surface area contributed by atoms with Crippen LogP contribution < -0.4 is 5.76 Å². The zero-order valence-corrected chi connectivity index (χ0v) is 16.1. The van der Waals surface area contributed by atoms with Crippen LogP contribution in [0.3, 0.4) is 0 Å². The zero-order chi connectivity index (χ0) is 21.4. The third-order valence-electron chi connectivity index (χ3n) is 5.32. The molecule has 156 valence electrons.